The highest BCUT2D eigenvalue weighted by molar-refractivity contribution is 5.94. The Morgan fingerprint density at radius 1 is 1.04 bits per heavy atom. The number of benzene rings is 2. The van der Waals surface area contributed by atoms with Crippen LogP contribution in [0.15, 0.2) is 48.5 Å². The molecule has 2 aromatic rings. The number of esters is 1. The summed E-state index contributed by atoms with van der Waals surface area (Å²) in [5.41, 5.74) is 2.25. The normalized spacial score (nSPS) is 11.6. The maximum Gasteiger partial charge on any atom is 0.302 e. The van der Waals surface area contributed by atoms with Crippen LogP contribution in [0.5, 0.6) is 5.75 Å². The number of rotatable bonds is 8. The molecule has 25 heavy (non-hydrogen) atoms. The molecule has 0 heterocycles. The van der Waals surface area contributed by atoms with Gasteiger partial charge in [0, 0.05) is 25.2 Å². The fraction of sp³-hybridized carbons (Fsp3) is 0.300. The second kappa shape index (κ2) is 8.99. The molecule has 0 spiro atoms. The van der Waals surface area contributed by atoms with E-state index < -0.39 is 12.1 Å². The van der Waals surface area contributed by atoms with Crippen LogP contribution in [0.2, 0.25) is 0 Å². The molecular formula is C20H22O5. The van der Waals surface area contributed by atoms with Gasteiger partial charge in [0.1, 0.15) is 25.1 Å². The van der Waals surface area contributed by atoms with Gasteiger partial charge in [-0.05, 0) is 30.7 Å². The molecule has 0 unspecified atom stereocenters. The SMILES string of the molecule is CO[C@@H](COC(C)=O)c1cc(C(C)=O)ccc1OCc1ccccc1. The lowest BCUT2D eigenvalue weighted by atomic mass is 10.0. The van der Waals surface area contributed by atoms with E-state index in [2.05, 4.69) is 0 Å². The third kappa shape index (κ3) is 5.43. The molecule has 0 saturated heterocycles. The lowest BCUT2D eigenvalue weighted by molar-refractivity contribution is -0.144. The molecule has 0 fully saturated rings. The predicted octanol–water partition coefficient (Wildman–Crippen LogP) is 3.72. The second-order valence-electron chi connectivity index (χ2n) is 5.61. The van der Waals surface area contributed by atoms with Gasteiger partial charge in [0.2, 0.25) is 0 Å². The van der Waals surface area contributed by atoms with Crippen molar-refractivity contribution in [3.8, 4) is 5.75 Å². The Morgan fingerprint density at radius 3 is 2.36 bits per heavy atom. The standard InChI is InChI=1S/C20H22O5/c1-14(21)17-9-10-19(25-12-16-7-5-4-6-8-16)18(11-17)20(23-3)13-24-15(2)22/h4-11,20H,12-13H2,1-3H3/t20-/m0/s1. The smallest absolute Gasteiger partial charge is 0.302 e. The molecule has 0 amide bonds. The molecule has 0 radical (unpaired) electrons. The van der Waals surface area contributed by atoms with E-state index in [1.54, 1.807) is 18.2 Å². The molecule has 0 bridgehead atoms. The minimum atomic E-state index is -0.519. The molecule has 5 nitrogen and oxygen atoms in total. The summed E-state index contributed by atoms with van der Waals surface area (Å²) < 4.78 is 16.4. The minimum Gasteiger partial charge on any atom is -0.489 e. The van der Waals surface area contributed by atoms with E-state index in [4.69, 9.17) is 14.2 Å². The second-order valence-corrected chi connectivity index (χ2v) is 5.61. The van der Waals surface area contributed by atoms with Gasteiger partial charge in [0.15, 0.2) is 5.78 Å². The summed E-state index contributed by atoms with van der Waals surface area (Å²) in [7, 11) is 1.52. The Kier molecular flexibility index (Phi) is 6.71. The fourth-order valence-electron chi connectivity index (χ4n) is 2.36. The van der Waals surface area contributed by atoms with E-state index in [1.165, 1.54) is 21.0 Å². The molecule has 132 valence electrons. The number of ketones is 1. The molecule has 0 aliphatic rings. The summed E-state index contributed by atoms with van der Waals surface area (Å²) in [6, 6.07) is 14.9. The van der Waals surface area contributed by atoms with E-state index in [-0.39, 0.29) is 12.4 Å². The van der Waals surface area contributed by atoms with Crippen molar-refractivity contribution >= 4 is 11.8 Å². The number of Topliss-reactive ketones (excluding diaryl/α,β-unsaturated/α-hetero) is 1. The van der Waals surface area contributed by atoms with E-state index in [1.807, 2.05) is 30.3 Å². The van der Waals surface area contributed by atoms with Crippen LogP contribution in [0, 0.1) is 0 Å². The molecule has 1 atom stereocenters. The van der Waals surface area contributed by atoms with Gasteiger partial charge in [-0.2, -0.15) is 0 Å². The summed E-state index contributed by atoms with van der Waals surface area (Å²) in [6.45, 7) is 3.27. The zero-order valence-electron chi connectivity index (χ0n) is 14.7. The number of methoxy groups -OCH3 is 1. The molecule has 0 saturated carbocycles. The van der Waals surface area contributed by atoms with Crippen LogP contribution in [0.4, 0.5) is 0 Å². The molecule has 2 rings (SSSR count). The van der Waals surface area contributed by atoms with Crippen LogP contribution in [-0.2, 0) is 20.9 Å². The number of carbonyl (C=O) groups excluding carboxylic acids is 2. The van der Waals surface area contributed by atoms with Gasteiger partial charge < -0.3 is 14.2 Å². The van der Waals surface area contributed by atoms with Crippen LogP contribution in [0.3, 0.4) is 0 Å². The Morgan fingerprint density at radius 2 is 1.76 bits per heavy atom. The summed E-state index contributed by atoms with van der Waals surface area (Å²) in [6.07, 6.45) is -0.519. The summed E-state index contributed by atoms with van der Waals surface area (Å²) in [4.78, 5) is 22.8. The fourth-order valence-corrected chi connectivity index (χ4v) is 2.36. The van der Waals surface area contributed by atoms with Crippen molar-refractivity contribution in [1.29, 1.82) is 0 Å². The maximum atomic E-state index is 11.7. The molecule has 2 aromatic carbocycles. The summed E-state index contributed by atoms with van der Waals surface area (Å²) in [5, 5.41) is 0. The zero-order valence-corrected chi connectivity index (χ0v) is 14.7. The van der Waals surface area contributed by atoms with E-state index in [9.17, 15) is 9.59 Å². The Labute approximate surface area is 147 Å². The average molecular weight is 342 g/mol. The number of carbonyl (C=O) groups is 2. The first-order valence-electron chi connectivity index (χ1n) is 7.99. The first kappa shape index (κ1) is 18.7. The molecule has 0 aromatic heterocycles. The maximum absolute atomic E-state index is 11.7. The first-order valence-corrected chi connectivity index (χ1v) is 7.99. The topological polar surface area (TPSA) is 61.8 Å². The van der Waals surface area contributed by atoms with Gasteiger partial charge in [-0.15, -0.1) is 0 Å². The van der Waals surface area contributed by atoms with Crippen molar-refractivity contribution in [2.75, 3.05) is 13.7 Å². The lowest BCUT2D eigenvalue weighted by Crippen LogP contribution is -2.14. The van der Waals surface area contributed by atoms with Crippen molar-refractivity contribution in [3.63, 3.8) is 0 Å². The van der Waals surface area contributed by atoms with Crippen molar-refractivity contribution in [3.05, 3.63) is 65.2 Å². The van der Waals surface area contributed by atoms with Gasteiger partial charge in [-0.3, -0.25) is 9.59 Å². The Balaban J connectivity index is 2.27. The summed E-state index contributed by atoms with van der Waals surface area (Å²) >= 11 is 0. The van der Waals surface area contributed by atoms with Gasteiger partial charge in [-0.25, -0.2) is 0 Å². The van der Waals surface area contributed by atoms with E-state index in [0.29, 0.717) is 23.5 Å². The molecule has 0 N–H and O–H groups in total. The number of ether oxygens (including phenoxy) is 3. The predicted molar refractivity (Wildman–Crippen MR) is 93.6 cm³/mol. The van der Waals surface area contributed by atoms with Crippen LogP contribution in [-0.4, -0.2) is 25.5 Å². The van der Waals surface area contributed by atoms with Crippen LogP contribution in [0.25, 0.3) is 0 Å². The molecule has 0 aliphatic heterocycles. The van der Waals surface area contributed by atoms with Crippen LogP contribution >= 0.6 is 0 Å². The highest BCUT2D eigenvalue weighted by Gasteiger charge is 2.19. The highest BCUT2D eigenvalue weighted by Crippen LogP contribution is 2.30. The largest absolute Gasteiger partial charge is 0.489 e. The highest BCUT2D eigenvalue weighted by atomic mass is 16.6. The Bertz CT molecular complexity index is 724. The van der Waals surface area contributed by atoms with Crippen LogP contribution < -0.4 is 4.74 Å². The first-order chi connectivity index (χ1) is 12.0. The third-order valence-corrected chi connectivity index (χ3v) is 3.72. The lowest BCUT2D eigenvalue weighted by Gasteiger charge is -2.20. The van der Waals surface area contributed by atoms with Gasteiger partial charge in [0.05, 0.1) is 0 Å². The van der Waals surface area contributed by atoms with E-state index >= 15 is 0 Å². The van der Waals surface area contributed by atoms with Crippen molar-refractivity contribution in [1.82, 2.24) is 0 Å². The minimum absolute atomic E-state index is 0.0505. The van der Waals surface area contributed by atoms with Crippen molar-refractivity contribution < 1.29 is 23.8 Å². The molecule has 0 aliphatic carbocycles. The summed E-state index contributed by atoms with van der Waals surface area (Å²) in [5.74, 6) is 0.141. The zero-order chi connectivity index (χ0) is 18.2. The van der Waals surface area contributed by atoms with Gasteiger partial charge >= 0.3 is 5.97 Å². The average Bonchev–Trinajstić information content (AvgIpc) is 2.61. The number of hydrogen-bond donors (Lipinski definition) is 0. The van der Waals surface area contributed by atoms with Gasteiger partial charge in [0.25, 0.3) is 0 Å². The van der Waals surface area contributed by atoms with Crippen molar-refractivity contribution in [2.45, 2.75) is 26.6 Å². The third-order valence-electron chi connectivity index (χ3n) is 3.72. The van der Waals surface area contributed by atoms with Crippen LogP contribution in [0.1, 0.15) is 41.4 Å². The van der Waals surface area contributed by atoms with E-state index in [0.717, 1.165) is 5.56 Å². The van der Waals surface area contributed by atoms with Gasteiger partial charge in [-0.1, -0.05) is 30.3 Å². The van der Waals surface area contributed by atoms with Crippen molar-refractivity contribution in [2.24, 2.45) is 0 Å². The molecule has 5 heteroatoms. The Hall–Kier alpha value is -2.66. The monoisotopic (exact) mass is 342 g/mol. The quantitative estimate of drug-likeness (QED) is 0.540. The molecular weight excluding hydrogens is 320 g/mol. The number of hydrogen-bond acceptors (Lipinski definition) is 5.